The van der Waals surface area contributed by atoms with Crippen LogP contribution < -0.4 is 10.4 Å². The maximum atomic E-state index is 12.4. The van der Waals surface area contributed by atoms with E-state index in [1.165, 1.54) is 22.5 Å². The van der Waals surface area contributed by atoms with E-state index in [1.807, 2.05) is 25.1 Å². The van der Waals surface area contributed by atoms with Gasteiger partial charge in [0.25, 0.3) is 8.32 Å². The maximum absolute atomic E-state index is 12.4. The lowest BCUT2D eigenvalue weighted by Crippen LogP contribution is -2.67. The van der Waals surface area contributed by atoms with E-state index in [9.17, 15) is 9.59 Å². The average molecular weight is 507 g/mol. The molecule has 2 aromatic carbocycles. The van der Waals surface area contributed by atoms with E-state index in [0.29, 0.717) is 19.3 Å². The molecule has 5 nitrogen and oxygen atoms in total. The molecule has 3 atom stereocenters. The Labute approximate surface area is 216 Å². The van der Waals surface area contributed by atoms with Gasteiger partial charge in [-0.3, -0.25) is 0 Å². The molecule has 192 valence electrons. The quantitative estimate of drug-likeness (QED) is 0.427. The summed E-state index contributed by atoms with van der Waals surface area (Å²) in [6, 6.07) is 20.8. The molecule has 0 saturated carbocycles. The number of rotatable bonds is 4. The Morgan fingerprint density at radius 3 is 1.72 bits per heavy atom. The van der Waals surface area contributed by atoms with Gasteiger partial charge in [-0.05, 0) is 35.7 Å². The number of carbonyl (C=O) groups excluding carboxylic acids is 2. The van der Waals surface area contributed by atoms with Crippen molar-refractivity contribution in [2.24, 2.45) is 0 Å². The van der Waals surface area contributed by atoms with Gasteiger partial charge in [-0.2, -0.15) is 0 Å². The summed E-state index contributed by atoms with van der Waals surface area (Å²) in [4.78, 5) is 24.7. The van der Waals surface area contributed by atoms with Crippen molar-refractivity contribution in [3.05, 3.63) is 85.0 Å². The minimum atomic E-state index is -2.82. The normalized spacial score (nSPS) is 24.2. The third-order valence-electron chi connectivity index (χ3n) is 6.36. The number of hydrogen-bond acceptors (Lipinski definition) is 5. The smallest absolute Gasteiger partial charge is 0.330 e. The van der Waals surface area contributed by atoms with Crippen LogP contribution in [0.5, 0.6) is 0 Å². The van der Waals surface area contributed by atoms with Crippen LogP contribution in [0.3, 0.4) is 0 Å². The molecule has 0 N–H and O–H groups in total. The third-order valence-corrected chi connectivity index (χ3v) is 11.5. The summed E-state index contributed by atoms with van der Waals surface area (Å²) in [6.07, 6.45) is 6.83. The van der Waals surface area contributed by atoms with E-state index in [0.717, 1.165) is 0 Å². The van der Waals surface area contributed by atoms with Gasteiger partial charge in [-0.15, -0.1) is 0 Å². The van der Waals surface area contributed by atoms with Gasteiger partial charge in [0, 0.05) is 25.0 Å². The molecule has 0 amide bonds. The minimum absolute atomic E-state index is 0.199. The third kappa shape index (κ3) is 7.05. The van der Waals surface area contributed by atoms with Crippen molar-refractivity contribution < 1.29 is 23.5 Å². The lowest BCUT2D eigenvalue weighted by molar-refractivity contribution is -0.143. The van der Waals surface area contributed by atoms with Gasteiger partial charge in [0.05, 0.1) is 6.10 Å². The molecule has 0 aliphatic carbocycles. The SMILES string of the molecule is C[C@@H]1C/C=C/C(=O)O[C@H](C)C[C@@H](O[Si](c2ccccc2)(c2ccccc2)C(C)(C)C)C/C=C/C(=O)O1. The van der Waals surface area contributed by atoms with Gasteiger partial charge in [-0.1, -0.05) is 93.6 Å². The van der Waals surface area contributed by atoms with Gasteiger partial charge in [-0.25, -0.2) is 9.59 Å². The van der Waals surface area contributed by atoms with Crippen molar-refractivity contribution >= 4 is 30.6 Å². The topological polar surface area (TPSA) is 61.8 Å². The fourth-order valence-corrected chi connectivity index (χ4v) is 9.45. The summed E-state index contributed by atoms with van der Waals surface area (Å²) < 4.78 is 18.4. The summed E-state index contributed by atoms with van der Waals surface area (Å²) in [5.41, 5.74) is 0. The molecule has 1 aliphatic heterocycles. The molecule has 6 heteroatoms. The predicted octanol–water partition coefficient (Wildman–Crippen LogP) is 5.09. The minimum Gasteiger partial charge on any atom is -0.459 e. The molecule has 1 heterocycles. The first-order valence-corrected chi connectivity index (χ1v) is 14.6. The molecule has 0 unspecified atom stereocenters. The first kappa shape index (κ1) is 27.6. The Morgan fingerprint density at radius 1 is 0.750 bits per heavy atom. The van der Waals surface area contributed by atoms with E-state index < -0.39 is 20.3 Å². The first-order chi connectivity index (χ1) is 17.1. The van der Waals surface area contributed by atoms with Crippen molar-refractivity contribution in [1.29, 1.82) is 0 Å². The zero-order valence-corrected chi connectivity index (χ0v) is 23.0. The van der Waals surface area contributed by atoms with Crippen LogP contribution in [-0.4, -0.2) is 38.6 Å². The zero-order valence-electron chi connectivity index (χ0n) is 22.0. The second-order valence-corrected chi connectivity index (χ2v) is 14.7. The fraction of sp³-hybridized carbons (Fsp3) is 0.400. The van der Waals surface area contributed by atoms with Gasteiger partial charge in [0.2, 0.25) is 0 Å². The van der Waals surface area contributed by atoms with Crippen LogP contribution >= 0.6 is 0 Å². The summed E-state index contributed by atoms with van der Waals surface area (Å²) >= 11 is 0. The van der Waals surface area contributed by atoms with Gasteiger partial charge in [0.15, 0.2) is 0 Å². The van der Waals surface area contributed by atoms with Gasteiger partial charge >= 0.3 is 11.9 Å². The highest BCUT2D eigenvalue weighted by Crippen LogP contribution is 2.38. The zero-order chi connectivity index (χ0) is 26.2. The number of benzene rings is 2. The molecule has 1 aliphatic rings. The Morgan fingerprint density at radius 2 is 1.22 bits per heavy atom. The second-order valence-electron chi connectivity index (χ2n) is 10.4. The van der Waals surface area contributed by atoms with E-state index in [-0.39, 0.29) is 23.4 Å². The molecule has 0 radical (unpaired) electrons. The van der Waals surface area contributed by atoms with Crippen LogP contribution in [0.4, 0.5) is 0 Å². The van der Waals surface area contributed by atoms with Crippen LogP contribution in [0, 0.1) is 0 Å². The van der Waals surface area contributed by atoms with E-state index >= 15 is 0 Å². The molecule has 3 rings (SSSR count). The molecule has 0 bridgehead atoms. The van der Waals surface area contributed by atoms with Crippen LogP contribution in [0.2, 0.25) is 5.04 Å². The van der Waals surface area contributed by atoms with Crippen molar-refractivity contribution in [3.8, 4) is 0 Å². The van der Waals surface area contributed by atoms with Crippen molar-refractivity contribution in [3.63, 3.8) is 0 Å². The molecule has 0 fully saturated rings. The Kier molecular flexibility index (Phi) is 9.46. The summed E-state index contributed by atoms with van der Waals surface area (Å²) in [7, 11) is -2.82. The Hall–Kier alpha value is -2.96. The highest BCUT2D eigenvalue weighted by atomic mass is 28.4. The Bertz CT molecular complexity index is 1020. The van der Waals surface area contributed by atoms with Crippen LogP contribution in [-0.2, 0) is 23.5 Å². The second kappa shape index (κ2) is 12.3. The first-order valence-electron chi connectivity index (χ1n) is 12.6. The highest BCUT2D eigenvalue weighted by molar-refractivity contribution is 6.99. The van der Waals surface area contributed by atoms with Crippen LogP contribution in [0.15, 0.2) is 85.0 Å². The van der Waals surface area contributed by atoms with Crippen LogP contribution in [0.25, 0.3) is 0 Å². The summed E-state index contributed by atoms with van der Waals surface area (Å²) in [5.74, 6) is -0.800. The molecule has 36 heavy (non-hydrogen) atoms. The molecular weight excluding hydrogens is 468 g/mol. The summed E-state index contributed by atoms with van der Waals surface area (Å²) in [5, 5.41) is 2.15. The number of ether oxygens (including phenoxy) is 2. The largest absolute Gasteiger partial charge is 0.459 e. The average Bonchev–Trinajstić information content (AvgIpc) is 2.82. The summed E-state index contributed by atoms with van der Waals surface area (Å²) in [6.45, 7) is 10.4. The molecular formula is C30H38O5Si. The molecule has 0 aromatic heterocycles. The number of cyclic esters (lactones) is 2. The number of carbonyl (C=O) groups is 2. The van der Waals surface area contributed by atoms with E-state index in [4.69, 9.17) is 13.9 Å². The monoisotopic (exact) mass is 506 g/mol. The molecule has 2 aromatic rings. The van der Waals surface area contributed by atoms with Crippen molar-refractivity contribution in [2.45, 2.75) is 77.2 Å². The molecule has 0 spiro atoms. The van der Waals surface area contributed by atoms with Crippen LogP contribution in [0.1, 0.15) is 53.9 Å². The Balaban J connectivity index is 2.04. The van der Waals surface area contributed by atoms with Gasteiger partial charge in [0.1, 0.15) is 12.2 Å². The maximum Gasteiger partial charge on any atom is 0.330 e. The standard InChI is InChI=1S/C30H38O5Si/c1-23-14-12-20-29(32)34-24(2)22-25(15-13-21-28(31)33-23)35-36(30(3,4)5,26-16-8-6-9-17-26)27-18-10-7-11-19-27/h6-13,16-21,23-25H,14-15,22H2,1-5H3/b20-12+,21-13+/t23-,24-,25+/m1/s1. The predicted molar refractivity (Wildman–Crippen MR) is 146 cm³/mol. The van der Waals surface area contributed by atoms with Gasteiger partial charge < -0.3 is 13.9 Å². The molecule has 0 saturated heterocycles. The van der Waals surface area contributed by atoms with Crippen molar-refractivity contribution in [1.82, 2.24) is 0 Å². The highest BCUT2D eigenvalue weighted by Gasteiger charge is 2.51. The fourth-order valence-electron chi connectivity index (χ4n) is 4.75. The number of hydrogen-bond donors (Lipinski definition) is 0. The number of esters is 2. The van der Waals surface area contributed by atoms with E-state index in [2.05, 4.69) is 69.3 Å². The lowest BCUT2D eigenvalue weighted by atomic mass is 10.1. The van der Waals surface area contributed by atoms with E-state index in [1.54, 1.807) is 13.0 Å². The van der Waals surface area contributed by atoms with Crippen molar-refractivity contribution in [2.75, 3.05) is 0 Å². The lowest BCUT2D eigenvalue weighted by Gasteiger charge is -2.45.